The van der Waals surface area contributed by atoms with Crippen LogP contribution < -0.4 is 5.32 Å². The molecular weight excluding hydrogens is 355 g/mol. The van der Waals surface area contributed by atoms with Crippen molar-refractivity contribution < 1.29 is 13.9 Å². The van der Waals surface area contributed by atoms with E-state index in [0.717, 1.165) is 18.5 Å². The molecule has 6 heteroatoms. The lowest BCUT2D eigenvalue weighted by atomic mass is 10.0. The Morgan fingerprint density at radius 3 is 2.77 bits per heavy atom. The normalized spacial score (nSPS) is 16.8. The largest absolute Gasteiger partial charge is 0.371 e. The highest BCUT2D eigenvalue weighted by Gasteiger charge is 2.27. The molecule has 4 nitrogen and oxygen atoms in total. The molecule has 2 aromatic rings. The number of benzene rings is 2. The number of amides is 1. The second-order valence-corrected chi connectivity index (χ2v) is 6.15. The molecule has 1 aliphatic rings. The van der Waals surface area contributed by atoms with Crippen LogP contribution in [-0.2, 0) is 16.0 Å². The van der Waals surface area contributed by atoms with Crippen LogP contribution in [0.1, 0.15) is 17.2 Å². The monoisotopic (exact) mass is 378 g/mol. The molecule has 0 bridgehead atoms. The molecule has 1 heterocycles. The van der Waals surface area contributed by atoms with E-state index in [1.165, 1.54) is 17.7 Å². The fraction of sp³-hybridized carbons (Fsp3) is 0.350. The van der Waals surface area contributed by atoms with Gasteiger partial charge in [-0.2, -0.15) is 0 Å². The first-order valence-electron chi connectivity index (χ1n) is 8.61. The van der Waals surface area contributed by atoms with Crippen LogP contribution in [0.2, 0.25) is 0 Å². The maximum absolute atomic E-state index is 13.5. The van der Waals surface area contributed by atoms with Gasteiger partial charge in [-0.25, -0.2) is 4.39 Å². The van der Waals surface area contributed by atoms with Gasteiger partial charge < -0.3 is 15.0 Å². The number of piperazine rings is 1. The molecule has 0 spiro atoms. The SMILES string of the molecule is Cl.O=C(COCCc1ccccc1)N1CCNCC1c1cccc(F)c1. The molecule has 1 unspecified atom stereocenters. The van der Waals surface area contributed by atoms with E-state index >= 15 is 0 Å². The molecule has 1 fully saturated rings. The van der Waals surface area contributed by atoms with Gasteiger partial charge in [0.1, 0.15) is 12.4 Å². The molecule has 26 heavy (non-hydrogen) atoms. The summed E-state index contributed by atoms with van der Waals surface area (Å²) in [5.74, 6) is -0.335. The van der Waals surface area contributed by atoms with E-state index in [4.69, 9.17) is 4.74 Å². The van der Waals surface area contributed by atoms with Gasteiger partial charge in [0.25, 0.3) is 0 Å². The second-order valence-electron chi connectivity index (χ2n) is 6.15. The smallest absolute Gasteiger partial charge is 0.249 e. The quantitative estimate of drug-likeness (QED) is 0.786. The maximum Gasteiger partial charge on any atom is 0.249 e. The van der Waals surface area contributed by atoms with Crippen LogP contribution in [0, 0.1) is 5.82 Å². The van der Waals surface area contributed by atoms with Crippen molar-refractivity contribution in [3.05, 3.63) is 71.5 Å². The first kappa shape index (κ1) is 20.4. The summed E-state index contributed by atoms with van der Waals surface area (Å²) in [6, 6.07) is 16.3. The third-order valence-corrected chi connectivity index (χ3v) is 4.40. The van der Waals surface area contributed by atoms with Crippen molar-refractivity contribution >= 4 is 18.3 Å². The summed E-state index contributed by atoms with van der Waals surface area (Å²) >= 11 is 0. The van der Waals surface area contributed by atoms with Gasteiger partial charge in [0.05, 0.1) is 12.6 Å². The van der Waals surface area contributed by atoms with Crippen LogP contribution in [0.4, 0.5) is 4.39 Å². The number of rotatable bonds is 6. The van der Waals surface area contributed by atoms with Gasteiger partial charge in [-0.05, 0) is 29.7 Å². The Morgan fingerprint density at radius 1 is 1.19 bits per heavy atom. The van der Waals surface area contributed by atoms with Crippen LogP contribution in [0.25, 0.3) is 0 Å². The predicted molar refractivity (Wildman–Crippen MR) is 102 cm³/mol. The lowest BCUT2D eigenvalue weighted by molar-refractivity contribution is -0.139. The number of carbonyl (C=O) groups excluding carboxylic acids is 1. The Labute approximate surface area is 159 Å². The minimum atomic E-state index is -0.283. The van der Waals surface area contributed by atoms with E-state index in [9.17, 15) is 9.18 Å². The average molecular weight is 379 g/mol. The highest BCUT2D eigenvalue weighted by molar-refractivity contribution is 5.85. The zero-order chi connectivity index (χ0) is 17.5. The summed E-state index contributed by atoms with van der Waals surface area (Å²) in [5.41, 5.74) is 2.00. The molecule has 1 aliphatic heterocycles. The highest BCUT2D eigenvalue weighted by atomic mass is 35.5. The zero-order valence-corrected chi connectivity index (χ0v) is 15.4. The fourth-order valence-corrected chi connectivity index (χ4v) is 3.09. The molecule has 1 amide bonds. The minimum absolute atomic E-state index is 0. The Kier molecular flexibility index (Phi) is 8.04. The van der Waals surface area contributed by atoms with E-state index in [-0.39, 0.29) is 36.8 Å². The van der Waals surface area contributed by atoms with Crippen LogP contribution in [0.3, 0.4) is 0 Å². The Morgan fingerprint density at radius 2 is 2.00 bits per heavy atom. The summed E-state index contributed by atoms with van der Waals surface area (Å²) in [5, 5.41) is 3.27. The number of halogens is 2. The van der Waals surface area contributed by atoms with Crippen molar-refractivity contribution in [3.8, 4) is 0 Å². The molecule has 0 aliphatic carbocycles. The molecule has 0 saturated carbocycles. The summed E-state index contributed by atoms with van der Waals surface area (Å²) in [7, 11) is 0. The highest BCUT2D eigenvalue weighted by Crippen LogP contribution is 2.23. The van der Waals surface area contributed by atoms with Crippen molar-refractivity contribution in [3.63, 3.8) is 0 Å². The molecule has 0 radical (unpaired) electrons. The van der Waals surface area contributed by atoms with Gasteiger partial charge in [0, 0.05) is 19.6 Å². The van der Waals surface area contributed by atoms with Crippen molar-refractivity contribution in [2.24, 2.45) is 0 Å². The van der Waals surface area contributed by atoms with Crippen molar-refractivity contribution in [1.82, 2.24) is 10.2 Å². The third-order valence-electron chi connectivity index (χ3n) is 4.40. The summed E-state index contributed by atoms with van der Waals surface area (Å²) in [6.45, 7) is 2.52. The summed E-state index contributed by atoms with van der Waals surface area (Å²) < 4.78 is 19.1. The third kappa shape index (κ3) is 5.53. The summed E-state index contributed by atoms with van der Waals surface area (Å²) in [6.07, 6.45) is 0.781. The first-order valence-corrected chi connectivity index (χ1v) is 8.61. The van der Waals surface area contributed by atoms with Crippen molar-refractivity contribution in [1.29, 1.82) is 0 Å². The molecule has 0 aromatic heterocycles. The van der Waals surface area contributed by atoms with Crippen LogP contribution in [-0.4, -0.2) is 43.7 Å². The predicted octanol–water partition coefficient (Wildman–Crippen LogP) is 2.98. The van der Waals surface area contributed by atoms with Gasteiger partial charge in [-0.3, -0.25) is 4.79 Å². The Hall–Kier alpha value is -1.95. The topological polar surface area (TPSA) is 41.6 Å². The van der Waals surface area contributed by atoms with E-state index in [1.807, 2.05) is 36.4 Å². The molecule has 2 aromatic carbocycles. The first-order chi connectivity index (χ1) is 12.2. The van der Waals surface area contributed by atoms with Gasteiger partial charge >= 0.3 is 0 Å². The number of nitrogens with one attached hydrogen (secondary N) is 1. The standard InChI is InChI=1S/C20H23FN2O2.ClH/c21-18-8-4-7-17(13-18)19-14-22-10-11-23(19)20(24)15-25-12-9-16-5-2-1-3-6-16;/h1-8,13,19,22H,9-12,14-15H2;1H. The molecular formula is C20H24ClFN2O2. The van der Waals surface area contributed by atoms with Crippen LogP contribution >= 0.6 is 12.4 Å². The van der Waals surface area contributed by atoms with E-state index in [2.05, 4.69) is 5.32 Å². The van der Waals surface area contributed by atoms with Crippen LogP contribution in [0.5, 0.6) is 0 Å². The van der Waals surface area contributed by atoms with E-state index < -0.39 is 0 Å². The van der Waals surface area contributed by atoms with Gasteiger partial charge in [0.15, 0.2) is 0 Å². The average Bonchev–Trinajstić information content (AvgIpc) is 2.66. The Bertz CT molecular complexity index is 699. The number of carbonyl (C=O) groups is 1. The molecule has 1 atom stereocenters. The number of nitrogens with zero attached hydrogens (tertiary/aromatic N) is 1. The van der Waals surface area contributed by atoms with E-state index in [0.29, 0.717) is 19.7 Å². The van der Waals surface area contributed by atoms with Gasteiger partial charge in [-0.1, -0.05) is 42.5 Å². The van der Waals surface area contributed by atoms with Crippen molar-refractivity contribution in [2.45, 2.75) is 12.5 Å². The molecule has 140 valence electrons. The van der Waals surface area contributed by atoms with Gasteiger partial charge in [-0.15, -0.1) is 12.4 Å². The van der Waals surface area contributed by atoms with Gasteiger partial charge in [0.2, 0.25) is 5.91 Å². The number of hydrogen-bond donors (Lipinski definition) is 1. The molecule has 1 N–H and O–H groups in total. The lowest BCUT2D eigenvalue weighted by Crippen LogP contribution is -2.49. The Balaban J connectivity index is 0.00000243. The number of ether oxygens (including phenoxy) is 1. The zero-order valence-electron chi connectivity index (χ0n) is 14.6. The number of hydrogen-bond acceptors (Lipinski definition) is 3. The lowest BCUT2D eigenvalue weighted by Gasteiger charge is -2.36. The van der Waals surface area contributed by atoms with E-state index in [1.54, 1.807) is 11.0 Å². The molecule has 3 rings (SSSR count). The van der Waals surface area contributed by atoms with Crippen molar-refractivity contribution in [2.75, 3.05) is 32.8 Å². The van der Waals surface area contributed by atoms with Crippen LogP contribution in [0.15, 0.2) is 54.6 Å². The molecule has 1 saturated heterocycles. The second kappa shape index (κ2) is 10.3. The maximum atomic E-state index is 13.5. The fourth-order valence-electron chi connectivity index (χ4n) is 3.09. The minimum Gasteiger partial charge on any atom is -0.371 e. The summed E-state index contributed by atoms with van der Waals surface area (Å²) in [4.78, 5) is 14.3.